The standard InChI is InChI=1S/C19H22N2O2/c1-23-18-10-6-5-9-17(18)15-11-13-21(14-12-15)19(22)20-16-7-3-2-4-8-16/h2-10,15H,11-14H2,1H3,(H,20,22). The summed E-state index contributed by atoms with van der Waals surface area (Å²) in [5.41, 5.74) is 2.09. The van der Waals surface area contributed by atoms with E-state index >= 15 is 0 Å². The maximum atomic E-state index is 12.3. The highest BCUT2D eigenvalue weighted by atomic mass is 16.5. The molecule has 0 unspecified atom stereocenters. The largest absolute Gasteiger partial charge is 0.496 e. The summed E-state index contributed by atoms with van der Waals surface area (Å²) in [5, 5.41) is 2.95. The van der Waals surface area contributed by atoms with Crippen molar-refractivity contribution in [3.8, 4) is 5.75 Å². The molecule has 1 N–H and O–H groups in total. The second-order valence-corrected chi connectivity index (χ2v) is 5.80. The monoisotopic (exact) mass is 310 g/mol. The van der Waals surface area contributed by atoms with Gasteiger partial charge in [0.25, 0.3) is 0 Å². The molecule has 0 spiro atoms. The normalized spacial score (nSPS) is 15.3. The van der Waals surface area contributed by atoms with Crippen molar-refractivity contribution < 1.29 is 9.53 Å². The SMILES string of the molecule is COc1ccccc1C1CCN(C(=O)Nc2ccccc2)CC1. The van der Waals surface area contributed by atoms with Gasteiger partial charge in [-0.3, -0.25) is 0 Å². The summed E-state index contributed by atoms with van der Waals surface area (Å²) in [6.45, 7) is 1.53. The van der Waals surface area contributed by atoms with Gasteiger partial charge in [-0.1, -0.05) is 36.4 Å². The van der Waals surface area contributed by atoms with Crippen LogP contribution in [-0.4, -0.2) is 31.1 Å². The van der Waals surface area contributed by atoms with E-state index < -0.39 is 0 Å². The van der Waals surface area contributed by atoms with Gasteiger partial charge in [0.2, 0.25) is 0 Å². The number of benzene rings is 2. The molecular weight excluding hydrogens is 288 g/mol. The van der Waals surface area contributed by atoms with E-state index in [-0.39, 0.29) is 6.03 Å². The average Bonchev–Trinajstić information content (AvgIpc) is 2.62. The minimum atomic E-state index is -0.0188. The number of rotatable bonds is 3. The van der Waals surface area contributed by atoms with Gasteiger partial charge in [-0.15, -0.1) is 0 Å². The molecule has 1 saturated heterocycles. The number of carbonyl (C=O) groups excluding carboxylic acids is 1. The van der Waals surface area contributed by atoms with E-state index in [0.717, 1.165) is 37.4 Å². The molecule has 23 heavy (non-hydrogen) atoms. The van der Waals surface area contributed by atoms with E-state index in [1.54, 1.807) is 7.11 Å². The van der Waals surface area contributed by atoms with Crippen LogP contribution in [0.4, 0.5) is 10.5 Å². The molecule has 120 valence electrons. The Labute approximate surface area is 137 Å². The molecule has 0 saturated carbocycles. The van der Waals surface area contributed by atoms with Crippen molar-refractivity contribution in [1.29, 1.82) is 0 Å². The van der Waals surface area contributed by atoms with Crippen LogP contribution in [0.5, 0.6) is 5.75 Å². The van der Waals surface area contributed by atoms with E-state index in [2.05, 4.69) is 11.4 Å². The van der Waals surface area contributed by atoms with E-state index in [9.17, 15) is 4.79 Å². The van der Waals surface area contributed by atoms with Gasteiger partial charge in [-0.05, 0) is 42.5 Å². The third-order valence-electron chi connectivity index (χ3n) is 4.39. The predicted octanol–water partition coefficient (Wildman–Crippen LogP) is 4.11. The van der Waals surface area contributed by atoms with E-state index in [0.29, 0.717) is 5.92 Å². The highest BCUT2D eigenvalue weighted by Gasteiger charge is 2.25. The molecule has 2 aromatic rings. The number of hydrogen-bond donors (Lipinski definition) is 1. The van der Waals surface area contributed by atoms with Gasteiger partial charge in [0.15, 0.2) is 0 Å². The van der Waals surface area contributed by atoms with Crippen molar-refractivity contribution in [2.24, 2.45) is 0 Å². The molecule has 0 aliphatic carbocycles. The van der Waals surface area contributed by atoms with Crippen molar-refractivity contribution in [2.75, 3.05) is 25.5 Å². The van der Waals surface area contributed by atoms with E-state index in [1.807, 2.05) is 53.4 Å². The summed E-state index contributed by atoms with van der Waals surface area (Å²) in [7, 11) is 1.71. The minimum absolute atomic E-state index is 0.0188. The van der Waals surface area contributed by atoms with Crippen LogP contribution in [0.15, 0.2) is 54.6 Å². The second-order valence-electron chi connectivity index (χ2n) is 5.80. The Kier molecular flexibility index (Phi) is 4.81. The van der Waals surface area contributed by atoms with Crippen molar-refractivity contribution in [3.05, 3.63) is 60.2 Å². The van der Waals surface area contributed by atoms with Gasteiger partial charge in [0.1, 0.15) is 5.75 Å². The summed E-state index contributed by atoms with van der Waals surface area (Å²) in [4.78, 5) is 14.2. The zero-order valence-corrected chi connectivity index (χ0v) is 13.4. The first-order chi connectivity index (χ1) is 11.3. The maximum Gasteiger partial charge on any atom is 0.321 e. The number of methoxy groups -OCH3 is 1. The lowest BCUT2D eigenvalue weighted by Crippen LogP contribution is -2.40. The van der Waals surface area contributed by atoms with Gasteiger partial charge in [-0.2, -0.15) is 0 Å². The van der Waals surface area contributed by atoms with Crippen molar-refractivity contribution >= 4 is 11.7 Å². The van der Waals surface area contributed by atoms with Crippen LogP contribution in [-0.2, 0) is 0 Å². The molecule has 1 fully saturated rings. The molecule has 4 nitrogen and oxygen atoms in total. The Bertz CT molecular complexity index is 649. The van der Waals surface area contributed by atoms with Crippen LogP contribution in [0.3, 0.4) is 0 Å². The number of para-hydroxylation sites is 2. The number of ether oxygens (including phenoxy) is 1. The number of anilines is 1. The van der Waals surface area contributed by atoms with Crippen LogP contribution in [0, 0.1) is 0 Å². The number of nitrogens with one attached hydrogen (secondary N) is 1. The predicted molar refractivity (Wildman–Crippen MR) is 92.0 cm³/mol. The molecule has 3 rings (SSSR count). The Balaban J connectivity index is 1.59. The Morgan fingerprint density at radius 2 is 1.70 bits per heavy atom. The Morgan fingerprint density at radius 3 is 2.39 bits per heavy atom. The zero-order chi connectivity index (χ0) is 16.1. The Morgan fingerprint density at radius 1 is 1.04 bits per heavy atom. The minimum Gasteiger partial charge on any atom is -0.496 e. The lowest BCUT2D eigenvalue weighted by molar-refractivity contribution is 0.194. The summed E-state index contributed by atoms with van der Waals surface area (Å²) < 4.78 is 5.46. The summed E-state index contributed by atoms with van der Waals surface area (Å²) >= 11 is 0. The van der Waals surface area contributed by atoms with Crippen LogP contribution in [0.25, 0.3) is 0 Å². The highest BCUT2D eigenvalue weighted by Crippen LogP contribution is 2.34. The molecule has 1 aliphatic rings. The van der Waals surface area contributed by atoms with Crippen LogP contribution in [0.2, 0.25) is 0 Å². The zero-order valence-electron chi connectivity index (χ0n) is 13.4. The number of urea groups is 1. The van der Waals surface area contributed by atoms with Gasteiger partial charge >= 0.3 is 6.03 Å². The van der Waals surface area contributed by atoms with E-state index in [4.69, 9.17) is 4.74 Å². The molecule has 0 atom stereocenters. The smallest absolute Gasteiger partial charge is 0.321 e. The number of carbonyl (C=O) groups is 1. The molecule has 0 bridgehead atoms. The summed E-state index contributed by atoms with van der Waals surface area (Å²) in [5.74, 6) is 1.40. The lowest BCUT2D eigenvalue weighted by atomic mass is 9.89. The quantitative estimate of drug-likeness (QED) is 0.927. The number of hydrogen-bond acceptors (Lipinski definition) is 2. The molecule has 1 aliphatic heterocycles. The van der Waals surface area contributed by atoms with Gasteiger partial charge in [0.05, 0.1) is 7.11 Å². The molecule has 0 aromatic heterocycles. The average molecular weight is 310 g/mol. The molecule has 0 radical (unpaired) electrons. The van der Waals surface area contributed by atoms with Crippen LogP contribution >= 0.6 is 0 Å². The first-order valence-corrected chi connectivity index (χ1v) is 8.02. The lowest BCUT2D eigenvalue weighted by Gasteiger charge is -2.32. The van der Waals surface area contributed by atoms with Crippen LogP contribution < -0.4 is 10.1 Å². The molecule has 1 heterocycles. The maximum absolute atomic E-state index is 12.3. The summed E-state index contributed by atoms with van der Waals surface area (Å²) in [6.07, 6.45) is 1.92. The van der Waals surface area contributed by atoms with Crippen molar-refractivity contribution in [3.63, 3.8) is 0 Å². The number of amides is 2. The van der Waals surface area contributed by atoms with Crippen molar-refractivity contribution in [1.82, 2.24) is 4.90 Å². The number of likely N-dealkylation sites (tertiary alicyclic amines) is 1. The summed E-state index contributed by atoms with van der Waals surface area (Å²) in [6, 6.07) is 17.7. The molecule has 2 amide bonds. The van der Waals surface area contributed by atoms with Gasteiger partial charge in [-0.25, -0.2) is 4.79 Å². The number of piperidine rings is 1. The molecular formula is C19H22N2O2. The fourth-order valence-corrected chi connectivity index (χ4v) is 3.12. The fourth-order valence-electron chi connectivity index (χ4n) is 3.12. The number of nitrogens with zero attached hydrogens (tertiary/aromatic N) is 1. The fraction of sp³-hybridized carbons (Fsp3) is 0.316. The van der Waals surface area contributed by atoms with E-state index in [1.165, 1.54) is 5.56 Å². The molecule has 4 heteroatoms. The third kappa shape index (κ3) is 3.65. The molecule has 2 aromatic carbocycles. The highest BCUT2D eigenvalue weighted by molar-refractivity contribution is 5.89. The first-order valence-electron chi connectivity index (χ1n) is 8.02. The van der Waals surface area contributed by atoms with Crippen molar-refractivity contribution in [2.45, 2.75) is 18.8 Å². The topological polar surface area (TPSA) is 41.6 Å². The van der Waals surface area contributed by atoms with Gasteiger partial charge < -0.3 is 15.0 Å². The second kappa shape index (κ2) is 7.18. The third-order valence-corrected chi connectivity index (χ3v) is 4.39. The first kappa shape index (κ1) is 15.4. The van der Waals surface area contributed by atoms with Crippen LogP contribution in [0.1, 0.15) is 24.3 Å². The Hall–Kier alpha value is -2.49. The van der Waals surface area contributed by atoms with Gasteiger partial charge in [0, 0.05) is 18.8 Å².